The molecule has 0 saturated carbocycles. The highest BCUT2D eigenvalue weighted by Crippen LogP contribution is 2.27. The molecule has 8 nitrogen and oxygen atoms in total. The zero-order chi connectivity index (χ0) is 24.6. The standard InChI is InChI=1S/C24H27ClN4O4S/c1-16-8-7-13-28(15-16)23(30)18-11-12-20(25)21(14-18)34(32,33)26-22-17(2)27(3)29(24(22)31)19-9-5-4-6-10-19/h4-6,9-12,14,16,26H,7-8,13,15H2,1-3H3/t16-/m0/s1. The number of benzene rings is 2. The Hall–Kier alpha value is -3.04. The summed E-state index contributed by atoms with van der Waals surface area (Å²) in [6, 6.07) is 13.1. The van der Waals surface area contributed by atoms with Gasteiger partial charge in [-0.25, -0.2) is 13.1 Å². The van der Waals surface area contributed by atoms with Crippen molar-refractivity contribution in [2.75, 3.05) is 17.8 Å². The number of halogens is 1. The van der Waals surface area contributed by atoms with Gasteiger partial charge in [0.25, 0.3) is 21.5 Å². The number of para-hydroxylation sites is 1. The smallest absolute Gasteiger partial charge is 0.296 e. The lowest BCUT2D eigenvalue weighted by Crippen LogP contribution is -2.39. The largest absolute Gasteiger partial charge is 0.338 e. The summed E-state index contributed by atoms with van der Waals surface area (Å²) in [6.07, 6.45) is 1.97. The van der Waals surface area contributed by atoms with E-state index >= 15 is 0 Å². The Kier molecular flexibility index (Phi) is 6.60. The van der Waals surface area contributed by atoms with Crippen LogP contribution >= 0.6 is 11.6 Å². The van der Waals surface area contributed by atoms with Crippen molar-refractivity contribution in [1.29, 1.82) is 0 Å². The van der Waals surface area contributed by atoms with Gasteiger partial charge in [-0.3, -0.25) is 19.0 Å². The van der Waals surface area contributed by atoms with Crippen LogP contribution in [0.25, 0.3) is 5.69 Å². The third kappa shape index (κ3) is 4.50. The van der Waals surface area contributed by atoms with Crippen molar-refractivity contribution in [2.24, 2.45) is 13.0 Å². The topological polar surface area (TPSA) is 93.4 Å². The van der Waals surface area contributed by atoms with Crippen LogP contribution in [0.3, 0.4) is 0 Å². The number of nitrogens with one attached hydrogen (secondary N) is 1. The number of piperidine rings is 1. The lowest BCUT2D eigenvalue weighted by molar-refractivity contribution is 0.0683. The molecule has 4 rings (SSSR count). The number of hydrogen-bond acceptors (Lipinski definition) is 4. The van der Waals surface area contributed by atoms with E-state index in [1.807, 2.05) is 6.07 Å². The zero-order valence-electron chi connectivity index (χ0n) is 19.3. The van der Waals surface area contributed by atoms with E-state index in [0.29, 0.717) is 30.4 Å². The van der Waals surface area contributed by atoms with Crippen molar-refractivity contribution in [3.05, 3.63) is 75.2 Å². The van der Waals surface area contributed by atoms with E-state index < -0.39 is 15.6 Å². The number of sulfonamides is 1. The van der Waals surface area contributed by atoms with E-state index in [0.717, 1.165) is 12.8 Å². The SMILES string of the molecule is Cc1c(NS(=O)(=O)c2cc(C(=O)N3CCC[C@H](C)C3)ccc2Cl)c(=O)n(-c2ccccc2)n1C. The first-order valence-electron chi connectivity index (χ1n) is 11.1. The van der Waals surface area contributed by atoms with Crippen LogP contribution in [0.4, 0.5) is 5.69 Å². The molecule has 0 spiro atoms. The van der Waals surface area contributed by atoms with E-state index in [-0.39, 0.29) is 27.1 Å². The Labute approximate surface area is 203 Å². The summed E-state index contributed by atoms with van der Waals surface area (Å²) in [7, 11) is -2.58. The number of likely N-dealkylation sites (tertiary alicyclic amines) is 1. The second kappa shape index (κ2) is 9.31. The van der Waals surface area contributed by atoms with Gasteiger partial charge in [0, 0.05) is 25.7 Å². The molecule has 180 valence electrons. The second-order valence-electron chi connectivity index (χ2n) is 8.69. The fourth-order valence-electron chi connectivity index (χ4n) is 4.27. The number of carbonyl (C=O) groups is 1. The van der Waals surface area contributed by atoms with Crippen LogP contribution in [-0.2, 0) is 17.1 Å². The van der Waals surface area contributed by atoms with E-state index in [1.165, 1.54) is 22.9 Å². The minimum Gasteiger partial charge on any atom is -0.338 e. The maximum Gasteiger partial charge on any atom is 0.296 e. The molecule has 0 aliphatic carbocycles. The molecule has 34 heavy (non-hydrogen) atoms. The van der Waals surface area contributed by atoms with Crippen molar-refractivity contribution in [3.8, 4) is 5.69 Å². The van der Waals surface area contributed by atoms with Crippen LogP contribution in [0.1, 0.15) is 35.8 Å². The summed E-state index contributed by atoms with van der Waals surface area (Å²) in [4.78, 5) is 27.6. The number of carbonyl (C=O) groups excluding carboxylic acids is 1. The van der Waals surface area contributed by atoms with Crippen molar-refractivity contribution >= 4 is 33.2 Å². The van der Waals surface area contributed by atoms with Crippen molar-refractivity contribution in [1.82, 2.24) is 14.3 Å². The average molecular weight is 503 g/mol. The van der Waals surface area contributed by atoms with E-state index in [4.69, 9.17) is 11.6 Å². The molecule has 0 radical (unpaired) electrons. The van der Waals surface area contributed by atoms with Crippen LogP contribution in [-0.4, -0.2) is 41.7 Å². The van der Waals surface area contributed by atoms with Gasteiger partial charge in [0.15, 0.2) is 0 Å². The predicted octanol–water partition coefficient (Wildman–Crippen LogP) is 3.81. The second-order valence-corrected chi connectivity index (χ2v) is 10.7. The van der Waals surface area contributed by atoms with Gasteiger partial charge >= 0.3 is 0 Å². The molecule has 1 aromatic heterocycles. The number of anilines is 1. The molecule has 1 fully saturated rings. The molecule has 1 atom stereocenters. The van der Waals surface area contributed by atoms with E-state index in [1.54, 1.807) is 47.8 Å². The molecule has 1 saturated heterocycles. The maximum atomic E-state index is 13.3. The van der Waals surface area contributed by atoms with E-state index in [9.17, 15) is 18.0 Å². The van der Waals surface area contributed by atoms with Crippen LogP contribution in [0.2, 0.25) is 5.02 Å². The minimum absolute atomic E-state index is 0.0342. The maximum absolute atomic E-state index is 13.3. The third-order valence-corrected chi connectivity index (χ3v) is 8.03. The summed E-state index contributed by atoms with van der Waals surface area (Å²) in [6.45, 7) is 5.00. The molecule has 3 aromatic rings. The van der Waals surface area contributed by atoms with Gasteiger partial charge in [-0.05, 0) is 56.0 Å². The van der Waals surface area contributed by atoms with Crippen LogP contribution < -0.4 is 10.3 Å². The molecule has 1 aliphatic heterocycles. The van der Waals surface area contributed by atoms with Gasteiger partial charge in [-0.1, -0.05) is 36.7 Å². The first-order chi connectivity index (χ1) is 16.1. The average Bonchev–Trinajstić information content (AvgIpc) is 3.02. The summed E-state index contributed by atoms with van der Waals surface area (Å²) in [5, 5.41) is -0.0342. The number of aromatic nitrogens is 2. The molecule has 2 aromatic carbocycles. The summed E-state index contributed by atoms with van der Waals surface area (Å²) in [5.74, 6) is 0.157. The van der Waals surface area contributed by atoms with Crippen LogP contribution in [0.15, 0.2) is 58.2 Å². The lowest BCUT2D eigenvalue weighted by Gasteiger charge is -2.31. The first-order valence-corrected chi connectivity index (χ1v) is 12.9. The predicted molar refractivity (Wildman–Crippen MR) is 132 cm³/mol. The Morgan fingerprint density at radius 3 is 2.53 bits per heavy atom. The molecular formula is C24H27ClN4O4S. The summed E-state index contributed by atoms with van der Waals surface area (Å²) >= 11 is 6.24. The Morgan fingerprint density at radius 1 is 1.15 bits per heavy atom. The van der Waals surface area contributed by atoms with Gasteiger partial charge in [0.1, 0.15) is 10.6 Å². The molecule has 1 amide bonds. The highest BCUT2D eigenvalue weighted by atomic mass is 35.5. The normalized spacial score (nSPS) is 16.5. The molecule has 1 aliphatic rings. The molecule has 0 unspecified atom stereocenters. The van der Waals surface area contributed by atoms with Crippen LogP contribution in [0.5, 0.6) is 0 Å². The first kappa shape index (κ1) is 24.1. The van der Waals surface area contributed by atoms with E-state index in [2.05, 4.69) is 11.6 Å². The monoisotopic (exact) mass is 502 g/mol. The van der Waals surface area contributed by atoms with Gasteiger partial charge in [-0.15, -0.1) is 0 Å². The summed E-state index contributed by atoms with van der Waals surface area (Å²) < 4.78 is 32.0. The number of hydrogen-bond donors (Lipinski definition) is 1. The van der Waals surface area contributed by atoms with Crippen LogP contribution in [0, 0.1) is 12.8 Å². The fourth-order valence-corrected chi connectivity index (χ4v) is 5.92. The summed E-state index contributed by atoms with van der Waals surface area (Å²) in [5.41, 5.74) is 0.683. The van der Waals surface area contributed by atoms with Gasteiger partial charge in [0.2, 0.25) is 0 Å². The molecule has 1 N–H and O–H groups in total. The van der Waals surface area contributed by atoms with Crippen molar-refractivity contribution in [3.63, 3.8) is 0 Å². The Bertz CT molecular complexity index is 1400. The Morgan fingerprint density at radius 2 is 1.85 bits per heavy atom. The molecule has 0 bridgehead atoms. The molecule has 10 heteroatoms. The quantitative estimate of drug-likeness (QED) is 0.574. The highest BCUT2D eigenvalue weighted by Gasteiger charge is 2.27. The van der Waals surface area contributed by atoms with Crippen molar-refractivity contribution < 1.29 is 13.2 Å². The number of nitrogens with zero attached hydrogens (tertiary/aromatic N) is 3. The van der Waals surface area contributed by atoms with Gasteiger partial charge < -0.3 is 4.90 Å². The molecular weight excluding hydrogens is 476 g/mol. The molecule has 2 heterocycles. The number of amides is 1. The zero-order valence-corrected chi connectivity index (χ0v) is 20.9. The Balaban J connectivity index is 1.69. The van der Waals surface area contributed by atoms with Gasteiger partial charge in [0.05, 0.1) is 16.4 Å². The highest BCUT2D eigenvalue weighted by molar-refractivity contribution is 7.92. The van der Waals surface area contributed by atoms with Crippen molar-refractivity contribution in [2.45, 2.75) is 31.6 Å². The lowest BCUT2D eigenvalue weighted by atomic mass is 9.99. The number of rotatable bonds is 5. The third-order valence-electron chi connectivity index (χ3n) is 6.20. The fraction of sp³-hybridized carbons (Fsp3) is 0.333. The minimum atomic E-state index is -4.25. The van der Waals surface area contributed by atoms with Gasteiger partial charge in [-0.2, -0.15) is 0 Å².